The molecule has 2 heterocycles. The van der Waals surface area contributed by atoms with E-state index in [1.807, 2.05) is 4.90 Å². The molecular formula is C15H22F2N4O. The summed E-state index contributed by atoms with van der Waals surface area (Å²) in [5.74, 6) is -1.90. The second-order valence-corrected chi connectivity index (χ2v) is 6.20. The predicted octanol–water partition coefficient (Wildman–Crippen LogP) is 2.00. The molecule has 122 valence electrons. The molecule has 0 bridgehead atoms. The largest absolute Gasteiger partial charge is 0.463 e. The van der Waals surface area contributed by atoms with Gasteiger partial charge in [0.25, 0.3) is 5.92 Å². The predicted molar refractivity (Wildman–Crippen MR) is 77.8 cm³/mol. The fourth-order valence-corrected chi connectivity index (χ4v) is 2.71. The maximum absolute atomic E-state index is 13.3. The minimum absolute atomic E-state index is 0.117. The van der Waals surface area contributed by atoms with Gasteiger partial charge in [-0.1, -0.05) is 0 Å². The van der Waals surface area contributed by atoms with Crippen molar-refractivity contribution < 1.29 is 13.5 Å². The van der Waals surface area contributed by atoms with Gasteiger partial charge in [-0.2, -0.15) is 0 Å². The highest BCUT2D eigenvalue weighted by Gasteiger charge is 2.36. The smallest absolute Gasteiger partial charge is 0.316 e. The highest BCUT2D eigenvalue weighted by Crippen LogP contribution is 2.32. The van der Waals surface area contributed by atoms with Gasteiger partial charge in [0.15, 0.2) is 0 Å². The average molecular weight is 312 g/mol. The van der Waals surface area contributed by atoms with Gasteiger partial charge in [0.2, 0.25) is 0 Å². The van der Waals surface area contributed by atoms with Crippen molar-refractivity contribution >= 4 is 0 Å². The van der Waals surface area contributed by atoms with Gasteiger partial charge in [-0.05, 0) is 18.8 Å². The molecule has 0 aromatic carbocycles. The third-order valence-corrected chi connectivity index (χ3v) is 4.37. The van der Waals surface area contributed by atoms with Gasteiger partial charge in [0.05, 0.1) is 12.6 Å². The van der Waals surface area contributed by atoms with Gasteiger partial charge in [-0.25, -0.2) is 18.7 Å². The number of piperidine rings is 1. The monoisotopic (exact) mass is 312 g/mol. The molecule has 2 fully saturated rings. The standard InChI is InChI=1S/C15H22F2N4O/c16-15(17)3-5-21(6-4-15)13(7-18)12-8-19-14(20-9-12)22-10-11-1-2-11/h8-9,11,13H,1-7,10,18H2. The lowest BCUT2D eigenvalue weighted by molar-refractivity contribution is -0.0627. The van der Waals surface area contributed by atoms with Gasteiger partial charge in [0.1, 0.15) is 0 Å². The number of likely N-dealkylation sites (tertiary alicyclic amines) is 1. The molecule has 1 aromatic rings. The summed E-state index contributed by atoms with van der Waals surface area (Å²) in [4.78, 5) is 10.4. The molecule has 5 nitrogen and oxygen atoms in total. The van der Waals surface area contributed by atoms with Gasteiger partial charge in [0, 0.05) is 50.4 Å². The van der Waals surface area contributed by atoms with Crippen molar-refractivity contribution in [3.63, 3.8) is 0 Å². The quantitative estimate of drug-likeness (QED) is 0.870. The summed E-state index contributed by atoms with van der Waals surface area (Å²) in [6, 6.07) is 0.255. The van der Waals surface area contributed by atoms with E-state index in [1.54, 1.807) is 12.4 Å². The Morgan fingerprint density at radius 1 is 1.27 bits per heavy atom. The number of aromatic nitrogens is 2. The number of hydrogen-bond donors (Lipinski definition) is 1. The van der Waals surface area contributed by atoms with E-state index in [0.717, 1.165) is 5.56 Å². The fraction of sp³-hybridized carbons (Fsp3) is 0.733. The molecule has 7 heteroatoms. The maximum Gasteiger partial charge on any atom is 0.316 e. The van der Waals surface area contributed by atoms with Crippen LogP contribution in [-0.2, 0) is 0 Å². The maximum atomic E-state index is 13.3. The van der Waals surface area contributed by atoms with Crippen molar-refractivity contribution in [2.45, 2.75) is 37.6 Å². The molecule has 2 aliphatic rings. The first kappa shape index (κ1) is 15.6. The first-order chi connectivity index (χ1) is 10.6. The SMILES string of the molecule is NCC(c1cnc(OCC2CC2)nc1)N1CCC(F)(F)CC1. The summed E-state index contributed by atoms with van der Waals surface area (Å²) in [6.45, 7) is 1.71. The number of rotatable bonds is 6. The molecule has 1 aliphatic heterocycles. The second-order valence-electron chi connectivity index (χ2n) is 6.20. The summed E-state index contributed by atoms with van der Waals surface area (Å²) in [5, 5.41) is 0. The van der Waals surface area contributed by atoms with E-state index in [1.165, 1.54) is 12.8 Å². The van der Waals surface area contributed by atoms with E-state index >= 15 is 0 Å². The molecular weight excluding hydrogens is 290 g/mol. The van der Waals surface area contributed by atoms with E-state index in [2.05, 4.69) is 9.97 Å². The third kappa shape index (κ3) is 3.89. The number of alkyl halides is 2. The first-order valence-corrected chi connectivity index (χ1v) is 7.84. The summed E-state index contributed by atoms with van der Waals surface area (Å²) < 4.78 is 32.0. The van der Waals surface area contributed by atoms with Crippen LogP contribution in [0.2, 0.25) is 0 Å². The van der Waals surface area contributed by atoms with Crippen LogP contribution in [0.4, 0.5) is 8.78 Å². The zero-order valence-electron chi connectivity index (χ0n) is 12.5. The fourth-order valence-electron chi connectivity index (χ4n) is 2.71. The molecule has 1 aliphatic carbocycles. The van der Waals surface area contributed by atoms with Crippen molar-refractivity contribution in [2.75, 3.05) is 26.2 Å². The number of nitrogens with two attached hydrogens (primary N) is 1. The Morgan fingerprint density at radius 3 is 2.45 bits per heavy atom. The number of ether oxygens (including phenoxy) is 1. The minimum Gasteiger partial charge on any atom is -0.463 e. The van der Waals surface area contributed by atoms with Crippen LogP contribution in [0.15, 0.2) is 12.4 Å². The Kier molecular flexibility index (Phi) is 4.54. The summed E-state index contributed by atoms with van der Waals surface area (Å²) in [7, 11) is 0. The van der Waals surface area contributed by atoms with E-state index in [-0.39, 0.29) is 18.9 Å². The van der Waals surface area contributed by atoms with Gasteiger partial charge in [-0.15, -0.1) is 0 Å². The van der Waals surface area contributed by atoms with Gasteiger partial charge >= 0.3 is 6.01 Å². The van der Waals surface area contributed by atoms with Crippen LogP contribution in [0.25, 0.3) is 0 Å². The molecule has 2 N–H and O–H groups in total. The second kappa shape index (κ2) is 6.42. The Bertz CT molecular complexity index is 483. The molecule has 22 heavy (non-hydrogen) atoms. The first-order valence-electron chi connectivity index (χ1n) is 7.84. The van der Waals surface area contributed by atoms with Crippen LogP contribution in [0.1, 0.15) is 37.3 Å². The molecule has 0 radical (unpaired) electrons. The normalized spacial score (nSPS) is 23.2. The molecule has 1 saturated carbocycles. The Morgan fingerprint density at radius 2 is 1.91 bits per heavy atom. The number of nitrogens with zero attached hydrogens (tertiary/aromatic N) is 3. The molecule has 3 rings (SSSR count). The van der Waals surface area contributed by atoms with Crippen LogP contribution in [0.5, 0.6) is 6.01 Å². The van der Waals surface area contributed by atoms with Gasteiger partial charge in [-0.3, -0.25) is 4.90 Å². The van der Waals surface area contributed by atoms with E-state index in [0.29, 0.717) is 38.2 Å². The van der Waals surface area contributed by atoms with Crippen LogP contribution >= 0.6 is 0 Å². The highest BCUT2D eigenvalue weighted by atomic mass is 19.3. The molecule has 1 atom stereocenters. The minimum atomic E-state index is -2.55. The molecule has 0 amide bonds. The van der Waals surface area contributed by atoms with E-state index in [4.69, 9.17) is 10.5 Å². The number of halogens is 2. The van der Waals surface area contributed by atoms with Gasteiger partial charge < -0.3 is 10.5 Å². The Balaban J connectivity index is 1.60. The van der Waals surface area contributed by atoms with Crippen molar-refractivity contribution in [1.82, 2.24) is 14.9 Å². The van der Waals surface area contributed by atoms with Crippen molar-refractivity contribution in [3.8, 4) is 6.01 Å². The lowest BCUT2D eigenvalue weighted by atomic mass is 10.0. The van der Waals surface area contributed by atoms with Crippen molar-refractivity contribution in [3.05, 3.63) is 18.0 Å². The summed E-state index contributed by atoms with van der Waals surface area (Å²) in [5.41, 5.74) is 6.69. The van der Waals surface area contributed by atoms with Crippen LogP contribution in [0.3, 0.4) is 0 Å². The summed E-state index contributed by atoms with van der Waals surface area (Å²) in [6.07, 6.45) is 5.58. The van der Waals surface area contributed by atoms with Crippen LogP contribution in [-0.4, -0.2) is 47.0 Å². The van der Waals surface area contributed by atoms with E-state index in [9.17, 15) is 8.78 Å². The van der Waals surface area contributed by atoms with Crippen molar-refractivity contribution in [2.24, 2.45) is 11.7 Å². The highest BCUT2D eigenvalue weighted by molar-refractivity contribution is 5.14. The Labute approximate surface area is 128 Å². The zero-order valence-corrected chi connectivity index (χ0v) is 12.5. The number of hydrogen-bond acceptors (Lipinski definition) is 5. The molecule has 1 aromatic heterocycles. The third-order valence-electron chi connectivity index (χ3n) is 4.37. The molecule has 0 spiro atoms. The lowest BCUT2D eigenvalue weighted by Crippen LogP contribution is -2.43. The van der Waals surface area contributed by atoms with Crippen LogP contribution < -0.4 is 10.5 Å². The van der Waals surface area contributed by atoms with Crippen molar-refractivity contribution in [1.29, 1.82) is 0 Å². The lowest BCUT2D eigenvalue weighted by Gasteiger charge is -2.36. The van der Waals surface area contributed by atoms with E-state index < -0.39 is 5.92 Å². The zero-order chi connectivity index (χ0) is 15.6. The average Bonchev–Trinajstić information content (AvgIpc) is 3.33. The topological polar surface area (TPSA) is 64.3 Å². The summed E-state index contributed by atoms with van der Waals surface area (Å²) >= 11 is 0. The van der Waals surface area contributed by atoms with Crippen LogP contribution in [0, 0.1) is 5.92 Å². The molecule has 1 saturated heterocycles. The molecule has 1 unspecified atom stereocenters. The Hall–Kier alpha value is -1.34.